The molecule has 0 atom stereocenters. The third-order valence-corrected chi connectivity index (χ3v) is 2.28. The molecular weight excluding hydrogens is 325 g/mol. The van der Waals surface area contributed by atoms with Crippen LogP contribution in [0.4, 0.5) is 0 Å². The van der Waals surface area contributed by atoms with E-state index in [-0.39, 0.29) is 24.0 Å². The van der Waals surface area contributed by atoms with Crippen molar-refractivity contribution in [2.45, 2.75) is 53.4 Å². The molecule has 0 fully saturated rings. The molecule has 17 heavy (non-hydrogen) atoms. The topological polar surface area (TPSA) is 36.4 Å². The number of halogens is 1. The fourth-order valence-corrected chi connectivity index (χ4v) is 1.37. The Morgan fingerprint density at radius 3 is 2.29 bits per heavy atom. The van der Waals surface area contributed by atoms with Crippen LogP contribution in [0.25, 0.3) is 0 Å². The number of unbranched alkanes of at least 4 members (excludes halogenated alkanes) is 3. The Labute approximate surface area is 124 Å². The molecule has 0 aliphatic heterocycles. The number of nitrogens with one attached hydrogen (secondary N) is 2. The maximum atomic E-state index is 4.53. The maximum absolute atomic E-state index is 4.53. The first-order valence-electron chi connectivity index (χ1n) is 6.72. The van der Waals surface area contributed by atoms with Crippen LogP contribution in [0.15, 0.2) is 4.99 Å². The molecule has 4 heteroatoms. The first kappa shape index (κ1) is 19.3. The summed E-state index contributed by atoms with van der Waals surface area (Å²) in [4.78, 5) is 4.53. The van der Waals surface area contributed by atoms with Gasteiger partial charge in [-0.1, -0.05) is 40.0 Å². The number of hydrogen-bond acceptors (Lipinski definition) is 1. The molecule has 0 amide bonds. The van der Waals surface area contributed by atoms with Gasteiger partial charge in [0.1, 0.15) is 0 Å². The van der Waals surface area contributed by atoms with Gasteiger partial charge in [0.15, 0.2) is 5.96 Å². The minimum absolute atomic E-state index is 0. The normalized spacial score (nSPS) is 11.2. The molecule has 0 saturated heterocycles. The van der Waals surface area contributed by atoms with Crippen molar-refractivity contribution in [1.29, 1.82) is 0 Å². The van der Waals surface area contributed by atoms with Gasteiger partial charge in [-0.3, -0.25) is 4.99 Å². The number of guanidine groups is 1. The van der Waals surface area contributed by atoms with E-state index in [0.717, 1.165) is 25.6 Å². The number of hydrogen-bond donors (Lipinski definition) is 2. The summed E-state index contributed by atoms with van der Waals surface area (Å²) in [5.41, 5.74) is 0. The zero-order valence-corrected chi connectivity index (χ0v) is 14.2. The zero-order valence-electron chi connectivity index (χ0n) is 11.9. The summed E-state index contributed by atoms with van der Waals surface area (Å²) in [5, 5.41) is 6.64. The van der Waals surface area contributed by atoms with Gasteiger partial charge in [0, 0.05) is 19.6 Å². The van der Waals surface area contributed by atoms with Crippen molar-refractivity contribution < 1.29 is 0 Å². The molecule has 0 aromatic rings. The average Bonchev–Trinajstić information content (AvgIpc) is 2.25. The van der Waals surface area contributed by atoms with Crippen LogP contribution in [0, 0.1) is 5.92 Å². The number of rotatable bonds is 8. The fourth-order valence-electron chi connectivity index (χ4n) is 1.37. The van der Waals surface area contributed by atoms with Crippen LogP contribution in [0.3, 0.4) is 0 Å². The van der Waals surface area contributed by atoms with Crippen molar-refractivity contribution in [1.82, 2.24) is 10.6 Å². The summed E-state index contributed by atoms with van der Waals surface area (Å²) >= 11 is 0. The molecule has 0 aliphatic rings. The SMILES string of the molecule is CCCCCCNC(=NCC(C)C)NCC.I. The summed E-state index contributed by atoms with van der Waals surface area (Å²) in [6, 6.07) is 0. The molecule has 0 heterocycles. The predicted molar refractivity (Wildman–Crippen MR) is 88.4 cm³/mol. The Morgan fingerprint density at radius 1 is 1.06 bits per heavy atom. The lowest BCUT2D eigenvalue weighted by molar-refractivity contribution is 0.636. The van der Waals surface area contributed by atoms with E-state index in [0.29, 0.717) is 5.92 Å². The van der Waals surface area contributed by atoms with Crippen molar-refractivity contribution in [2.24, 2.45) is 10.9 Å². The van der Waals surface area contributed by atoms with E-state index < -0.39 is 0 Å². The lowest BCUT2D eigenvalue weighted by Gasteiger charge is -2.11. The zero-order chi connectivity index (χ0) is 12.2. The Balaban J connectivity index is 0. The Bertz CT molecular complexity index is 182. The molecule has 0 aromatic heterocycles. The van der Waals surface area contributed by atoms with Gasteiger partial charge in [0.05, 0.1) is 0 Å². The molecule has 0 unspecified atom stereocenters. The largest absolute Gasteiger partial charge is 0.357 e. The van der Waals surface area contributed by atoms with Gasteiger partial charge < -0.3 is 10.6 Å². The van der Waals surface area contributed by atoms with Gasteiger partial charge >= 0.3 is 0 Å². The van der Waals surface area contributed by atoms with Gasteiger partial charge in [-0.15, -0.1) is 24.0 Å². The predicted octanol–water partition coefficient (Wildman–Crippen LogP) is 3.40. The lowest BCUT2D eigenvalue weighted by Crippen LogP contribution is -2.38. The second-order valence-electron chi connectivity index (χ2n) is 4.60. The van der Waals surface area contributed by atoms with Crippen molar-refractivity contribution in [3.8, 4) is 0 Å². The smallest absolute Gasteiger partial charge is 0.191 e. The lowest BCUT2D eigenvalue weighted by atomic mass is 10.2. The van der Waals surface area contributed by atoms with Crippen LogP contribution in [-0.2, 0) is 0 Å². The average molecular weight is 355 g/mol. The summed E-state index contributed by atoms with van der Waals surface area (Å²) < 4.78 is 0. The van der Waals surface area contributed by atoms with Crippen LogP contribution < -0.4 is 10.6 Å². The molecule has 0 saturated carbocycles. The quantitative estimate of drug-likeness (QED) is 0.303. The summed E-state index contributed by atoms with van der Waals surface area (Å²) in [6.07, 6.45) is 5.18. The highest BCUT2D eigenvalue weighted by Crippen LogP contribution is 1.97. The molecule has 0 aromatic carbocycles. The molecule has 0 spiro atoms. The summed E-state index contributed by atoms with van der Waals surface area (Å²) in [7, 11) is 0. The van der Waals surface area contributed by atoms with Crippen LogP contribution in [0.2, 0.25) is 0 Å². The molecule has 3 nitrogen and oxygen atoms in total. The van der Waals surface area contributed by atoms with Crippen LogP contribution in [-0.4, -0.2) is 25.6 Å². The molecule has 0 rings (SSSR count). The van der Waals surface area contributed by atoms with E-state index in [4.69, 9.17) is 0 Å². The van der Waals surface area contributed by atoms with Crippen molar-refractivity contribution >= 4 is 29.9 Å². The van der Waals surface area contributed by atoms with Crippen molar-refractivity contribution in [2.75, 3.05) is 19.6 Å². The third-order valence-electron chi connectivity index (χ3n) is 2.28. The van der Waals surface area contributed by atoms with Gasteiger partial charge in [-0.05, 0) is 19.3 Å². The highest BCUT2D eigenvalue weighted by Gasteiger charge is 1.97. The fraction of sp³-hybridized carbons (Fsp3) is 0.923. The Kier molecular flexibility index (Phi) is 16.0. The first-order valence-corrected chi connectivity index (χ1v) is 6.72. The van der Waals surface area contributed by atoms with E-state index in [9.17, 15) is 0 Å². The number of aliphatic imine (C=N–C) groups is 1. The highest BCUT2D eigenvalue weighted by molar-refractivity contribution is 14.0. The van der Waals surface area contributed by atoms with Gasteiger partial charge in [-0.2, -0.15) is 0 Å². The molecular formula is C13H30IN3. The van der Waals surface area contributed by atoms with Crippen LogP contribution >= 0.6 is 24.0 Å². The molecule has 104 valence electrons. The van der Waals surface area contributed by atoms with Crippen molar-refractivity contribution in [3.63, 3.8) is 0 Å². The minimum atomic E-state index is 0. The second-order valence-corrected chi connectivity index (χ2v) is 4.60. The van der Waals surface area contributed by atoms with Crippen LogP contribution in [0.1, 0.15) is 53.4 Å². The highest BCUT2D eigenvalue weighted by atomic mass is 127. The summed E-state index contributed by atoms with van der Waals surface area (Å²) in [5.74, 6) is 1.59. The molecule has 2 N–H and O–H groups in total. The Morgan fingerprint density at radius 2 is 1.76 bits per heavy atom. The third kappa shape index (κ3) is 13.9. The van der Waals surface area contributed by atoms with E-state index in [1.165, 1.54) is 25.7 Å². The molecule has 0 bridgehead atoms. The monoisotopic (exact) mass is 355 g/mol. The van der Waals surface area contributed by atoms with Gasteiger partial charge in [-0.25, -0.2) is 0 Å². The van der Waals surface area contributed by atoms with Gasteiger partial charge in [0.2, 0.25) is 0 Å². The number of nitrogens with zero attached hydrogens (tertiary/aromatic N) is 1. The molecule has 0 aliphatic carbocycles. The maximum Gasteiger partial charge on any atom is 0.191 e. The van der Waals surface area contributed by atoms with E-state index in [1.807, 2.05) is 0 Å². The Hall–Kier alpha value is 0. The van der Waals surface area contributed by atoms with Crippen molar-refractivity contribution in [3.05, 3.63) is 0 Å². The van der Waals surface area contributed by atoms with E-state index in [1.54, 1.807) is 0 Å². The van der Waals surface area contributed by atoms with Gasteiger partial charge in [0.25, 0.3) is 0 Å². The van der Waals surface area contributed by atoms with Crippen LogP contribution in [0.5, 0.6) is 0 Å². The first-order chi connectivity index (χ1) is 7.70. The standard InChI is InChI=1S/C13H29N3.HI/c1-5-7-8-9-10-15-13(14-6-2)16-11-12(3)4;/h12H,5-11H2,1-4H3,(H2,14,15,16);1H. The summed E-state index contributed by atoms with van der Waals surface area (Å²) in [6.45, 7) is 11.6. The van der Waals surface area contributed by atoms with E-state index >= 15 is 0 Å². The minimum Gasteiger partial charge on any atom is -0.357 e. The van der Waals surface area contributed by atoms with E-state index in [2.05, 4.69) is 43.3 Å². The second kappa shape index (κ2) is 14.1. The molecule has 0 radical (unpaired) electrons.